The number of halogens is 2. The molecule has 12 heteroatoms. The summed E-state index contributed by atoms with van der Waals surface area (Å²) in [5.74, 6) is -0.501. The van der Waals surface area contributed by atoms with Gasteiger partial charge in [0.2, 0.25) is 5.91 Å². The lowest BCUT2D eigenvalue weighted by atomic mass is 9.93. The van der Waals surface area contributed by atoms with Gasteiger partial charge in [-0.3, -0.25) is 14.0 Å². The predicted molar refractivity (Wildman–Crippen MR) is 170 cm³/mol. The van der Waals surface area contributed by atoms with Crippen molar-refractivity contribution in [3.05, 3.63) is 94.0 Å². The van der Waals surface area contributed by atoms with Gasteiger partial charge in [-0.25, -0.2) is 4.39 Å². The van der Waals surface area contributed by atoms with E-state index in [1.165, 1.54) is 11.6 Å². The Morgan fingerprint density at radius 2 is 1.98 bits per heavy atom. The molecule has 1 aliphatic rings. The molecule has 5 rings (SSSR count). The minimum Gasteiger partial charge on any atom is -0.493 e. The Balaban J connectivity index is 1.26. The summed E-state index contributed by atoms with van der Waals surface area (Å²) in [6, 6.07) is 14.4. The smallest absolute Gasteiger partial charge is 0.283 e. The number of benzene rings is 3. The third-order valence-electron chi connectivity index (χ3n) is 7.76. The molecule has 1 aromatic heterocycles. The third-order valence-corrected chi connectivity index (χ3v) is 8.61. The first-order valence-corrected chi connectivity index (χ1v) is 16.3. The maximum atomic E-state index is 14.9. The van der Waals surface area contributed by atoms with Gasteiger partial charge in [0.15, 0.2) is 0 Å². The second-order valence-electron chi connectivity index (χ2n) is 10.9. The van der Waals surface area contributed by atoms with Gasteiger partial charge >= 0.3 is 0 Å². The maximum Gasteiger partial charge on any atom is 0.283 e. The van der Waals surface area contributed by atoms with E-state index < -0.39 is 21.8 Å². The summed E-state index contributed by atoms with van der Waals surface area (Å²) in [7, 11) is -4.28. The first-order valence-electron chi connectivity index (χ1n) is 14.3. The zero-order valence-corrected chi connectivity index (χ0v) is 26.1. The largest absolute Gasteiger partial charge is 0.493 e. The van der Waals surface area contributed by atoms with Crippen LogP contribution in [0.1, 0.15) is 41.5 Å². The molecule has 0 saturated carbocycles. The minimum absolute atomic E-state index is 0.0486. The fourth-order valence-electron chi connectivity index (χ4n) is 5.36. The number of hydrogen-bond donors (Lipinski definition) is 2. The van der Waals surface area contributed by atoms with Gasteiger partial charge in [0, 0.05) is 41.7 Å². The van der Waals surface area contributed by atoms with Crippen LogP contribution in [-0.2, 0) is 27.9 Å². The number of aryl methyl sites for hydroxylation is 1. The van der Waals surface area contributed by atoms with E-state index in [1.807, 2.05) is 55.1 Å². The summed E-state index contributed by atoms with van der Waals surface area (Å²) >= 11 is 6.31. The highest BCUT2D eigenvalue weighted by molar-refractivity contribution is 7.85. The van der Waals surface area contributed by atoms with E-state index in [9.17, 15) is 17.6 Å². The molecule has 0 bridgehead atoms. The van der Waals surface area contributed by atoms with Crippen molar-refractivity contribution in [3.63, 3.8) is 0 Å². The molecule has 4 aromatic rings. The quantitative estimate of drug-likeness (QED) is 0.144. The van der Waals surface area contributed by atoms with Crippen molar-refractivity contribution in [3.8, 4) is 16.9 Å². The average Bonchev–Trinajstić information content (AvgIpc) is 3.45. The van der Waals surface area contributed by atoms with Crippen LogP contribution >= 0.6 is 11.6 Å². The molecule has 9 nitrogen and oxygen atoms in total. The van der Waals surface area contributed by atoms with Crippen LogP contribution in [-0.4, -0.2) is 47.7 Å². The number of fused-ring (bicyclic) bond motifs is 1. The number of rotatable bonds is 11. The van der Waals surface area contributed by atoms with Crippen molar-refractivity contribution in [1.29, 1.82) is 0 Å². The highest BCUT2D eigenvalue weighted by Gasteiger charge is 2.25. The van der Waals surface area contributed by atoms with Crippen LogP contribution in [0.4, 0.5) is 15.8 Å². The van der Waals surface area contributed by atoms with E-state index in [2.05, 4.69) is 10.4 Å². The lowest BCUT2D eigenvalue weighted by Crippen LogP contribution is -2.35. The first-order chi connectivity index (χ1) is 21.0. The molecule has 0 unspecified atom stereocenters. The Kier molecular flexibility index (Phi) is 9.57. The molecule has 2 N–H and O–H groups in total. The Hall–Kier alpha value is -3.93. The van der Waals surface area contributed by atoms with Crippen LogP contribution in [0.25, 0.3) is 11.1 Å². The number of carbonyl (C=O) groups is 1. The third kappa shape index (κ3) is 7.40. The van der Waals surface area contributed by atoms with Gasteiger partial charge in [0.05, 0.1) is 24.4 Å². The topological polar surface area (TPSA) is 114 Å². The van der Waals surface area contributed by atoms with E-state index >= 15 is 0 Å². The van der Waals surface area contributed by atoms with E-state index in [0.29, 0.717) is 26.0 Å². The molecule has 2 heterocycles. The zero-order valence-electron chi connectivity index (χ0n) is 24.5. The summed E-state index contributed by atoms with van der Waals surface area (Å²) < 4.78 is 53.3. The van der Waals surface area contributed by atoms with Crippen LogP contribution in [0.2, 0.25) is 5.02 Å². The van der Waals surface area contributed by atoms with Gasteiger partial charge in [0.25, 0.3) is 10.1 Å². The standard InChI is InChI=1S/C32H34ClFN4O5S/c1-21-7-3-11-31(22(21)2)43-14-6-12-32(39)38-13-5-9-26-25(8-4-10-30(26)38)23-17-36-37(18-23)19-27-28(33)15-24(16-29(27)34)35-20-44(40,41)42/h3-4,7-8,10-11,15-18,35H,5-6,9,12-14,19-20H2,1-2H3,(H,40,41,42). The molecule has 0 aliphatic carbocycles. The first kappa shape index (κ1) is 31.5. The monoisotopic (exact) mass is 640 g/mol. The fraction of sp³-hybridized carbons (Fsp3) is 0.312. The summed E-state index contributed by atoms with van der Waals surface area (Å²) in [5.41, 5.74) is 6.34. The van der Waals surface area contributed by atoms with Gasteiger partial charge in [0.1, 0.15) is 17.4 Å². The second-order valence-corrected chi connectivity index (χ2v) is 12.7. The van der Waals surface area contributed by atoms with Gasteiger partial charge in [-0.15, -0.1) is 0 Å². The molecule has 0 saturated heterocycles. The van der Waals surface area contributed by atoms with E-state index in [1.54, 1.807) is 17.1 Å². The SMILES string of the molecule is Cc1cccc(OCCCC(=O)N2CCCc3c(-c4cnn(Cc5c(F)cc(NCS(=O)(=O)O)cc5Cl)c4)cccc32)c1C. The Morgan fingerprint density at radius 1 is 1.18 bits per heavy atom. The van der Waals surface area contributed by atoms with Crippen LogP contribution in [0.5, 0.6) is 5.75 Å². The van der Waals surface area contributed by atoms with Crippen molar-refractivity contribution in [2.24, 2.45) is 0 Å². The van der Waals surface area contributed by atoms with Crippen LogP contribution < -0.4 is 15.0 Å². The van der Waals surface area contributed by atoms with E-state index in [4.69, 9.17) is 20.9 Å². The molecule has 1 aliphatic heterocycles. The molecule has 0 atom stereocenters. The number of nitrogens with one attached hydrogen (secondary N) is 1. The zero-order chi connectivity index (χ0) is 31.4. The van der Waals surface area contributed by atoms with E-state index in [0.717, 1.165) is 52.6 Å². The van der Waals surface area contributed by atoms with Crippen molar-refractivity contribution >= 4 is 39.0 Å². The second kappa shape index (κ2) is 13.4. The summed E-state index contributed by atoms with van der Waals surface area (Å²) in [4.78, 5) is 15.1. The summed E-state index contributed by atoms with van der Waals surface area (Å²) in [6.07, 6.45) is 6.15. The van der Waals surface area contributed by atoms with Crippen molar-refractivity contribution in [2.75, 3.05) is 29.2 Å². The molecule has 232 valence electrons. The van der Waals surface area contributed by atoms with Gasteiger partial charge in [-0.2, -0.15) is 13.5 Å². The molecule has 1 amide bonds. The fourth-order valence-corrected chi connectivity index (χ4v) is 5.97. The maximum absolute atomic E-state index is 14.9. The van der Waals surface area contributed by atoms with Gasteiger partial charge < -0.3 is 15.0 Å². The number of aromatic nitrogens is 2. The number of ether oxygens (including phenoxy) is 1. The lowest BCUT2D eigenvalue weighted by molar-refractivity contribution is -0.118. The predicted octanol–water partition coefficient (Wildman–Crippen LogP) is 6.40. The Labute approximate surface area is 261 Å². The lowest BCUT2D eigenvalue weighted by Gasteiger charge is -2.31. The van der Waals surface area contributed by atoms with Gasteiger partial charge in [-0.05, 0) is 79.6 Å². The van der Waals surface area contributed by atoms with Gasteiger partial charge in [-0.1, -0.05) is 35.9 Å². The number of anilines is 2. The van der Waals surface area contributed by atoms with Crippen LogP contribution in [0.15, 0.2) is 60.9 Å². The summed E-state index contributed by atoms with van der Waals surface area (Å²) in [5, 5.41) is 6.94. The average molecular weight is 641 g/mol. The number of amides is 1. The van der Waals surface area contributed by atoms with E-state index in [-0.39, 0.29) is 28.7 Å². The van der Waals surface area contributed by atoms with Crippen LogP contribution in [0.3, 0.4) is 0 Å². The van der Waals surface area contributed by atoms with Crippen molar-refractivity contribution in [2.45, 2.75) is 46.1 Å². The highest BCUT2D eigenvalue weighted by atomic mass is 35.5. The Bertz CT molecular complexity index is 1770. The number of nitrogens with zero attached hydrogens (tertiary/aromatic N) is 3. The van der Waals surface area contributed by atoms with Crippen molar-refractivity contribution in [1.82, 2.24) is 9.78 Å². The van der Waals surface area contributed by atoms with Crippen LogP contribution in [0, 0.1) is 19.7 Å². The molecule has 44 heavy (non-hydrogen) atoms. The normalized spacial score (nSPS) is 13.1. The molecule has 0 fully saturated rings. The number of hydrogen-bond acceptors (Lipinski definition) is 6. The molecular weight excluding hydrogens is 607 g/mol. The number of carbonyl (C=O) groups excluding carboxylic acids is 1. The molecular formula is C32H34ClFN4O5S. The van der Waals surface area contributed by atoms with Crippen molar-refractivity contribution < 1.29 is 26.9 Å². The molecule has 0 spiro atoms. The molecule has 3 aromatic carbocycles. The molecule has 0 radical (unpaired) electrons. The summed E-state index contributed by atoms with van der Waals surface area (Å²) in [6.45, 7) is 5.24. The highest BCUT2D eigenvalue weighted by Crippen LogP contribution is 2.36. The minimum atomic E-state index is -4.28. The Morgan fingerprint density at radius 3 is 2.75 bits per heavy atom.